The number of hydrogen-bond acceptors (Lipinski definition) is 5. The highest BCUT2D eigenvalue weighted by Gasteiger charge is 2.12. The van der Waals surface area contributed by atoms with Crippen LogP contribution in [-0.2, 0) is 14.3 Å². The standard InChI is InChI=1S/C14H19NO4/c1-3-14(16)19-10-11(8-17-2)9-18-13-6-4-12(15)5-7-13/h3-7,11H,1,8-10,15H2,2H3. The average Bonchev–Trinajstić information content (AvgIpc) is 2.43. The number of rotatable bonds is 8. The molecule has 5 heteroatoms. The van der Waals surface area contributed by atoms with Gasteiger partial charge in [-0.05, 0) is 24.3 Å². The van der Waals surface area contributed by atoms with Crippen LogP contribution in [0.15, 0.2) is 36.9 Å². The molecule has 0 bridgehead atoms. The van der Waals surface area contributed by atoms with E-state index in [1.165, 1.54) is 0 Å². The first kappa shape index (κ1) is 15.0. The number of hydrogen-bond donors (Lipinski definition) is 1. The Kier molecular flexibility index (Phi) is 6.46. The van der Waals surface area contributed by atoms with Crippen LogP contribution in [0.4, 0.5) is 5.69 Å². The second kappa shape index (κ2) is 8.16. The van der Waals surface area contributed by atoms with Crippen molar-refractivity contribution in [1.82, 2.24) is 0 Å². The van der Waals surface area contributed by atoms with E-state index in [1.807, 2.05) is 0 Å². The van der Waals surface area contributed by atoms with Gasteiger partial charge >= 0.3 is 5.97 Å². The minimum Gasteiger partial charge on any atom is -0.493 e. The fourth-order valence-electron chi connectivity index (χ4n) is 1.42. The number of carbonyl (C=O) groups excluding carboxylic acids is 1. The fraction of sp³-hybridized carbons (Fsp3) is 0.357. The van der Waals surface area contributed by atoms with Crippen molar-refractivity contribution in [1.29, 1.82) is 0 Å². The molecular formula is C14H19NO4. The number of benzene rings is 1. The van der Waals surface area contributed by atoms with E-state index < -0.39 is 5.97 Å². The normalized spacial score (nSPS) is 11.6. The summed E-state index contributed by atoms with van der Waals surface area (Å²) in [7, 11) is 1.59. The Morgan fingerprint density at radius 2 is 2.00 bits per heavy atom. The lowest BCUT2D eigenvalue weighted by molar-refractivity contribution is -0.139. The zero-order chi connectivity index (χ0) is 14.1. The van der Waals surface area contributed by atoms with Crippen LogP contribution in [-0.4, -0.2) is 32.9 Å². The molecule has 0 aromatic heterocycles. The maximum Gasteiger partial charge on any atom is 0.330 e. The first-order valence-corrected chi connectivity index (χ1v) is 5.92. The van der Waals surface area contributed by atoms with E-state index in [9.17, 15) is 4.79 Å². The van der Waals surface area contributed by atoms with E-state index in [2.05, 4.69) is 6.58 Å². The van der Waals surface area contributed by atoms with Crippen molar-refractivity contribution >= 4 is 11.7 Å². The van der Waals surface area contributed by atoms with Crippen molar-refractivity contribution in [2.75, 3.05) is 32.7 Å². The SMILES string of the molecule is C=CC(=O)OCC(COC)COc1ccc(N)cc1. The molecule has 0 amide bonds. The molecule has 1 rings (SSSR count). The van der Waals surface area contributed by atoms with Crippen LogP contribution in [0, 0.1) is 5.92 Å². The van der Waals surface area contributed by atoms with E-state index >= 15 is 0 Å². The highest BCUT2D eigenvalue weighted by atomic mass is 16.5. The third-order valence-corrected chi connectivity index (χ3v) is 2.40. The molecule has 104 valence electrons. The molecule has 0 saturated heterocycles. The molecule has 0 radical (unpaired) electrons. The van der Waals surface area contributed by atoms with E-state index in [4.69, 9.17) is 19.9 Å². The lowest BCUT2D eigenvalue weighted by atomic mass is 10.2. The van der Waals surface area contributed by atoms with Crippen molar-refractivity contribution < 1.29 is 19.0 Å². The molecule has 1 aromatic carbocycles. The Bertz CT molecular complexity index is 402. The molecular weight excluding hydrogens is 246 g/mol. The first-order chi connectivity index (χ1) is 9.15. The largest absolute Gasteiger partial charge is 0.493 e. The van der Waals surface area contributed by atoms with E-state index in [0.29, 0.717) is 24.7 Å². The molecule has 0 fully saturated rings. The third-order valence-electron chi connectivity index (χ3n) is 2.40. The summed E-state index contributed by atoms with van der Waals surface area (Å²) in [5, 5.41) is 0. The first-order valence-electron chi connectivity index (χ1n) is 5.92. The number of carbonyl (C=O) groups is 1. The van der Waals surface area contributed by atoms with Crippen LogP contribution >= 0.6 is 0 Å². The second-order valence-corrected chi connectivity index (χ2v) is 4.04. The van der Waals surface area contributed by atoms with Gasteiger partial charge in [0.15, 0.2) is 0 Å². The minimum absolute atomic E-state index is 0.0357. The summed E-state index contributed by atoms with van der Waals surface area (Å²) in [6.07, 6.45) is 1.13. The highest BCUT2D eigenvalue weighted by Crippen LogP contribution is 2.14. The summed E-state index contributed by atoms with van der Waals surface area (Å²) in [4.78, 5) is 11.0. The zero-order valence-electron chi connectivity index (χ0n) is 11.0. The predicted molar refractivity (Wildman–Crippen MR) is 72.9 cm³/mol. The maximum atomic E-state index is 11.0. The molecule has 2 N–H and O–H groups in total. The lowest BCUT2D eigenvalue weighted by Gasteiger charge is -2.16. The molecule has 0 aliphatic rings. The maximum absolute atomic E-state index is 11.0. The van der Waals surface area contributed by atoms with E-state index in [1.54, 1.807) is 31.4 Å². The molecule has 0 spiro atoms. The van der Waals surface area contributed by atoms with Gasteiger partial charge < -0.3 is 19.9 Å². The fourth-order valence-corrected chi connectivity index (χ4v) is 1.42. The number of methoxy groups -OCH3 is 1. The van der Waals surface area contributed by atoms with Crippen LogP contribution in [0.2, 0.25) is 0 Å². The van der Waals surface area contributed by atoms with Crippen molar-refractivity contribution in [3.63, 3.8) is 0 Å². The molecule has 19 heavy (non-hydrogen) atoms. The Labute approximate surface area is 113 Å². The van der Waals surface area contributed by atoms with E-state index in [0.717, 1.165) is 6.08 Å². The predicted octanol–water partition coefficient (Wildman–Crippen LogP) is 1.64. The topological polar surface area (TPSA) is 70.8 Å². The van der Waals surface area contributed by atoms with Gasteiger partial charge in [0.05, 0.1) is 25.7 Å². The van der Waals surface area contributed by atoms with Gasteiger partial charge in [-0.25, -0.2) is 4.79 Å². The molecule has 0 aliphatic carbocycles. The number of esters is 1. The summed E-state index contributed by atoms with van der Waals surface area (Å²) in [6.45, 7) is 4.40. The van der Waals surface area contributed by atoms with Gasteiger partial charge in [0.2, 0.25) is 0 Å². The van der Waals surface area contributed by atoms with Crippen LogP contribution in [0.1, 0.15) is 0 Å². The van der Waals surface area contributed by atoms with Crippen LogP contribution < -0.4 is 10.5 Å². The van der Waals surface area contributed by atoms with Crippen molar-refractivity contribution in [2.45, 2.75) is 0 Å². The van der Waals surface area contributed by atoms with Gasteiger partial charge in [0, 0.05) is 18.9 Å². The summed E-state index contributed by atoms with van der Waals surface area (Å²) in [5.74, 6) is 0.227. The van der Waals surface area contributed by atoms with Crippen molar-refractivity contribution in [3.05, 3.63) is 36.9 Å². The molecule has 1 unspecified atom stereocenters. The molecule has 0 heterocycles. The van der Waals surface area contributed by atoms with Crippen LogP contribution in [0.5, 0.6) is 5.75 Å². The molecule has 0 aliphatic heterocycles. The minimum atomic E-state index is -0.450. The highest BCUT2D eigenvalue weighted by molar-refractivity contribution is 5.81. The Morgan fingerprint density at radius 3 is 2.58 bits per heavy atom. The Balaban J connectivity index is 2.42. The third kappa shape index (κ3) is 5.92. The summed E-state index contributed by atoms with van der Waals surface area (Å²) in [6, 6.07) is 7.10. The molecule has 1 atom stereocenters. The van der Waals surface area contributed by atoms with Gasteiger partial charge in [-0.1, -0.05) is 6.58 Å². The number of ether oxygens (including phenoxy) is 3. The summed E-state index contributed by atoms with van der Waals surface area (Å²) >= 11 is 0. The Hall–Kier alpha value is -2.01. The van der Waals surface area contributed by atoms with E-state index in [-0.39, 0.29) is 12.5 Å². The van der Waals surface area contributed by atoms with Gasteiger partial charge in [0.25, 0.3) is 0 Å². The molecule has 1 aromatic rings. The molecule has 0 saturated carbocycles. The smallest absolute Gasteiger partial charge is 0.330 e. The molecule has 5 nitrogen and oxygen atoms in total. The lowest BCUT2D eigenvalue weighted by Crippen LogP contribution is -2.24. The second-order valence-electron chi connectivity index (χ2n) is 4.04. The number of nitrogen functional groups attached to an aromatic ring is 1. The zero-order valence-corrected chi connectivity index (χ0v) is 11.0. The van der Waals surface area contributed by atoms with Crippen molar-refractivity contribution in [3.8, 4) is 5.75 Å². The van der Waals surface area contributed by atoms with Gasteiger partial charge in [-0.2, -0.15) is 0 Å². The quantitative estimate of drug-likeness (QED) is 0.439. The number of anilines is 1. The average molecular weight is 265 g/mol. The van der Waals surface area contributed by atoms with Crippen molar-refractivity contribution in [2.24, 2.45) is 5.92 Å². The monoisotopic (exact) mass is 265 g/mol. The van der Waals surface area contributed by atoms with Crippen LogP contribution in [0.3, 0.4) is 0 Å². The van der Waals surface area contributed by atoms with Gasteiger partial charge in [0.1, 0.15) is 5.75 Å². The summed E-state index contributed by atoms with van der Waals surface area (Å²) < 4.78 is 15.6. The van der Waals surface area contributed by atoms with Crippen LogP contribution in [0.25, 0.3) is 0 Å². The van der Waals surface area contributed by atoms with Gasteiger partial charge in [-0.15, -0.1) is 0 Å². The number of nitrogens with two attached hydrogens (primary N) is 1. The summed E-state index contributed by atoms with van der Waals surface area (Å²) in [5.41, 5.74) is 6.27. The van der Waals surface area contributed by atoms with Gasteiger partial charge in [-0.3, -0.25) is 0 Å². The Morgan fingerprint density at radius 1 is 1.32 bits per heavy atom.